The molecule has 3 nitrogen and oxygen atoms in total. The fraction of sp³-hybridized carbons (Fsp3) is 0.312. The Hall–Kier alpha value is -2.82. The lowest BCUT2D eigenvalue weighted by Crippen LogP contribution is -2.30. The van der Waals surface area contributed by atoms with Crippen LogP contribution in [0.1, 0.15) is 62.7 Å². The van der Waals surface area contributed by atoms with Gasteiger partial charge in [0.05, 0.1) is 12.2 Å². The van der Waals surface area contributed by atoms with Crippen LogP contribution in [0.25, 0.3) is 5.57 Å². The van der Waals surface area contributed by atoms with Gasteiger partial charge in [0.25, 0.3) is 5.56 Å². The summed E-state index contributed by atoms with van der Waals surface area (Å²) in [5.74, 6) is 0.715. The first-order valence-corrected chi connectivity index (χ1v) is 13.8. The fourth-order valence-corrected chi connectivity index (χ4v) is 4.79. The van der Waals surface area contributed by atoms with Crippen LogP contribution in [-0.2, 0) is 19.4 Å². The first kappa shape index (κ1) is 28.7. The van der Waals surface area contributed by atoms with Crippen molar-refractivity contribution in [2.45, 2.75) is 66.3 Å². The number of aryl methyl sites for hydroxylation is 2. The van der Waals surface area contributed by atoms with Crippen LogP contribution in [0.5, 0.6) is 0 Å². The number of aromatic nitrogens is 2. The number of hydrogen-bond donors (Lipinski definition) is 1. The van der Waals surface area contributed by atoms with Gasteiger partial charge in [0.1, 0.15) is 5.82 Å². The predicted octanol–water partition coefficient (Wildman–Crippen LogP) is 8.40. The molecule has 0 bridgehead atoms. The van der Waals surface area contributed by atoms with Crippen molar-refractivity contribution in [3.05, 3.63) is 127 Å². The average molecular weight is 533 g/mol. The molecule has 0 unspecified atom stereocenters. The molecule has 5 heteroatoms. The maximum atomic E-state index is 13.9. The average Bonchev–Trinajstić information content (AvgIpc) is 3.13. The van der Waals surface area contributed by atoms with E-state index < -0.39 is 0 Å². The standard InChI is InChI=1S/C32H37ClN2OS/c1-5-7-11-23(3)26-13-9-12-25(17-18-26)19-30-31(16-8-6-2)34-24(4)35(32(30)36)21-28(22-37)27-14-10-15-29(33)20-27/h5,7,9-12,14-15,17-18,20,22,37H,6,8,13,16,19,21H2,1-4H3/b7-5-,23-11+,28-22-. The molecule has 1 aromatic heterocycles. The quantitative estimate of drug-likeness (QED) is 0.246. The maximum absolute atomic E-state index is 13.9. The molecular weight excluding hydrogens is 496 g/mol. The van der Waals surface area contributed by atoms with Gasteiger partial charge in [0, 0.05) is 17.0 Å². The molecular formula is C32H37ClN2OS. The molecule has 0 N–H and O–H groups in total. The minimum absolute atomic E-state index is 0.0141. The van der Waals surface area contributed by atoms with Crippen LogP contribution in [0, 0.1) is 6.92 Å². The van der Waals surface area contributed by atoms with Gasteiger partial charge < -0.3 is 0 Å². The summed E-state index contributed by atoms with van der Waals surface area (Å²) in [6.45, 7) is 8.61. The van der Waals surface area contributed by atoms with Crippen molar-refractivity contribution >= 4 is 29.8 Å². The Balaban J connectivity index is 2.01. The zero-order valence-corrected chi connectivity index (χ0v) is 23.9. The van der Waals surface area contributed by atoms with Crippen molar-refractivity contribution in [2.75, 3.05) is 0 Å². The minimum Gasteiger partial charge on any atom is -0.292 e. The molecule has 2 aromatic rings. The number of allylic oxidation sites excluding steroid dienone is 11. The zero-order chi connectivity index (χ0) is 26.8. The number of benzene rings is 1. The molecule has 1 heterocycles. The van der Waals surface area contributed by atoms with E-state index in [-0.39, 0.29) is 5.56 Å². The molecule has 1 aliphatic rings. The van der Waals surface area contributed by atoms with Crippen LogP contribution in [-0.4, -0.2) is 9.55 Å². The number of thiol groups is 1. The number of halogens is 1. The molecule has 0 radical (unpaired) electrons. The van der Waals surface area contributed by atoms with Crippen LogP contribution in [0.2, 0.25) is 5.02 Å². The summed E-state index contributed by atoms with van der Waals surface area (Å²) < 4.78 is 1.76. The van der Waals surface area contributed by atoms with E-state index in [0.29, 0.717) is 23.8 Å². The smallest absolute Gasteiger partial charge is 0.257 e. The Morgan fingerprint density at radius 2 is 2.08 bits per heavy atom. The predicted molar refractivity (Wildman–Crippen MR) is 162 cm³/mol. The van der Waals surface area contributed by atoms with E-state index in [0.717, 1.165) is 53.7 Å². The highest BCUT2D eigenvalue weighted by Gasteiger charge is 2.17. The van der Waals surface area contributed by atoms with Gasteiger partial charge in [0.15, 0.2) is 0 Å². The Labute approximate surface area is 232 Å². The molecule has 1 aromatic carbocycles. The lowest BCUT2D eigenvalue weighted by atomic mass is 10.0. The second-order valence-corrected chi connectivity index (χ2v) is 10.0. The third kappa shape index (κ3) is 7.83. The Kier molecular flexibility index (Phi) is 11.0. The molecule has 0 spiro atoms. The van der Waals surface area contributed by atoms with E-state index in [1.807, 2.05) is 44.2 Å². The molecule has 194 valence electrons. The van der Waals surface area contributed by atoms with Gasteiger partial charge in [-0.1, -0.05) is 79.6 Å². The highest BCUT2D eigenvalue weighted by atomic mass is 35.5. The summed E-state index contributed by atoms with van der Waals surface area (Å²) in [7, 11) is 0. The second kappa shape index (κ2) is 14.2. The molecule has 0 saturated carbocycles. The van der Waals surface area contributed by atoms with E-state index in [4.69, 9.17) is 16.6 Å². The molecule has 0 aliphatic heterocycles. The number of nitrogens with zero attached hydrogens (tertiary/aromatic N) is 2. The van der Waals surface area contributed by atoms with Gasteiger partial charge >= 0.3 is 0 Å². The lowest BCUT2D eigenvalue weighted by molar-refractivity contribution is 0.677. The third-order valence-corrected chi connectivity index (χ3v) is 7.13. The van der Waals surface area contributed by atoms with Crippen molar-refractivity contribution in [1.82, 2.24) is 9.55 Å². The monoisotopic (exact) mass is 532 g/mol. The van der Waals surface area contributed by atoms with Crippen LogP contribution in [0.4, 0.5) is 0 Å². The third-order valence-electron chi connectivity index (χ3n) is 6.58. The van der Waals surface area contributed by atoms with E-state index in [9.17, 15) is 4.79 Å². The summed E-state index contributed by atoms with van der Waals surface area (Å²) >= 11 is 10.7. The number of hydrogen-bond acceptors (Lipinski definition) is 3. The van der Waals surface area contributed by atoms with Gasteiger partial charge in [-0.3, -0.25) is 9.36 Å². The van der Waals surface area contributed by atoms with Crippen molar-refractivity contribution < 1.29 is 0 Å². The van der Waals surface area contributed by atoms with E-state index >= 15 is 0 Å². The van der Waals surface area contributed by atoms with Crippen LogP contribution in [0.3, 0.4) is 0 Å². The molecule has 3 rings (SSSR count). The topological polar surface area (TPSA) is 34.9 Å². The Morgan fingerprint density at radius 1 is 1.27 bits per heavy atom. The molecule has 1 aliphatic carbocycles. The molecule has 0 amide bonds. The Morgan fingerprint density at radius 3 is 2.78 bits per heavy atom. The summed E-state index contributed by atoms with van der Waals surface area (Å²) in [4.78, 5) is 18.9. The first-order chi connectivity index (χ1) is 17.9. The highest BCUT2D eigenvalue weighted by molar-refractivity contribution is 7.83. The van der Waals surface area contributed by atoms with Gasteiger partial charge in [-0.15, -0.1) is 0 Å². The molecule has 0 fully saturated rings. The van der Waals surface area contributed by atoms with Crippen molar-refractivity contribution in [3.63, 3.8) is 0 Å². The number of unbranched alkanes of at least 4 members (excludes halogenated alkanes) is 1. The van der Waals surface area contributed by atoms with E-state index in [1.165, 1.54) is 11.1 Å². The van der Waals surface area contributed by atoms with Crippen LogP contribution in [0.15, 0.2) is 93.7 Å². The van der Waals surface area contributed by atoms with Crippen molar-refractivity contribution in [2.24, 2.45) is 0 Å². The summed E-state index contributed by atoms with van der Waals surface area (Å²) in [6, 6.07) is 7.62. The van der Waals surface area contributed by atoms with Crippen LogP contribution < -0.4 is 5.56 Å². The van der Waals surface area contributed by atoms with Crippen molar-refractivity contribution in [1.29, 1.82) is 0 Å². The van der Waals surface area contributed by atoms with Gasteiger partial charge in [-0.25, -0.2) is 4.98 Å². The SMILES string of the molecule is C/C=C\C=C(/C)C1=CC=C(Cc2c(CCCC)nc(C)n(C/C(=C/S)c3cccc(Cl)c3)c2=O)C=CC1. The van der Waals surface area contributed by atoms with Gasteiger partial charge in [-0.2, -0.15) is 12.6 Å². The fourth-order valence-electron chi connectivity index (χ4n) is 4.37. The normalized spacial score (nSPS) is 14.6. The highest BCUT2D eigenvalue weighted by Crippen LogP contribution is 2.23. The summed E-state index contributed by atoms with van der Waals surface area (Å²) in [5, 5.41) is 2.40. The van der Waals surface area contributed by atoms with E-state index in [2.05, 4.69) is 62.9 Å². The number of rotatable bonds is 10. The van der Waals surface area contributed by atoms with Gasteiger partial charge in [-0.05, 0) is 85.4 Å². The molecule has 37 heavy (non-hydrogen) atoms. The maximum Gasteiger partial charge on any atom is 0.257 e. The first-order valence-electron chi connectivity index (χ1n) is 12.9. The molecule has 0 atom stereocenters. The lowest BCUT2D eigenvalue weighted by Gasteiger charge is -2.17. The Bertz CT molecular complexity index is 1360. The summed E-state index contributed by atoms with van der Waals surface area (Å²) in [5.41, 5.74) is 7.19. The van der Waals surface area contributed by atoms with Crippen molar-refractivity contribution in [3.8, 4) is 0 Å². The van der Waals surface area contributed by atoms with Crippen LogP contribution >= 0.6 is 24.2 Å². The minimum atomic E-state index is 0.0141. The van der Waals surface area contributed by atoms with Gasteiger partial charge in [0.2, 0.25) is 0 Å². The molecule has 0 saturated heterocycles. The van der Waals surface area contributed by atoms with E-state index in [1.54, 1.807) is 9.98 Å². The summed E-state index contributed by atoms with van der Waals surface area (Å²) in [6.07, 6.45) is 19.2. The largest absolute Gasteiger partial charge is 0.292 e. The zero-order valence-electron chi connectivity index (χ0n) is 22.3. The second-order valence-electron chi connectivity index (χ2n) is 9.34.